The summed E-state index contributed by atoms with van der Waals surface area (Å²) >= 11 is 0. The molecule has 5 heteroatoms. The van der Waals surface area contributed by atoms with E-state index >= 15 is 0 Å². The van der Waals surface area contributed by atoms with Crippen molar-refractivity contribution in [2.75, 3.05) is 5.73 Å². The average molecular weight is 273 g/mol. The van der Waals surface area contributed by atoms with Gasteiger partial charge < -0.3 is 14.9 Å². The summed E-state index contributed by atoms with van der Waals surface area (Å²) in [5, 5.41) is 0. The Morgan fingerprint density at radius 2 is 2.20 bits per heavy atom. The molecule has 2 heterocycles. The number of anilines is 1. The average Bonchev–Trinajstić information content (AvgIpc) is 2.98. The van der Waals surface area contributed by atoms with Gasteiger partial charge in [-0.05, 0) is 20.3 Å². The van der Waals surface area contributed by atoms with Crippen molar-refractivity contribution in [3.63, 3.8) is 0 Å². The van der Waals surface area contributed by atoms with Crippen molar-refractivity contribution >= 4 is 5.82 Å². The molecule has 2 aromatic rings. The van der Waals surface area contributed by atoms with Crippen LogP contribution in [-0.2, 0) is 13.0 Å². The van der Waals surface area contributed by atoms with Gasteiger partial charge in [-0.25, -0.2) is 9.97 Å². The molecular formula is C15H23N5. The van der Waals surface area contributed by atoms with E-state index in [1.54, 1.807) is 0 Å². The molecule has 5 nitrogen and oxygen atoms in total. The van der Waals surface area contributed by atoms with Crippen LogP contribution in [-0.4, -0.2) is 19.1 Å². The van der Waals surface area contributed by atoms with Crippen LogP contribution in [0.1, 0.15) is 39.1 Å². The minimum atomic E-state index is 0.325. The summed E-state index contributed by atoms with van der Waals surface area (Å²) in [7, 11) is 0. The zero-order valence-corrected chi connectivity index (χ0v) is 12.5. The lowest BCUT2D eigenvalue weighted by Crippen LogP contribution is -2.06. The van der Waals surface area contributed by atoms with Gasteiger partial charge in [-0.15, -0.1) is 6.58 Å². The molecular weight excluding hydrogens is 250 g/mol. The first-order chi connectivity index (χ1) is 9.60. The van der Waals surface area contributed by atoms with Gasteiger partial charge >= 0.3 is 0 Å². The van der Waals surface area contributed by atoms with Crippen LogP contribution in [0, 0.1) is 0 Å². The molecule has 20 heavy (non-hydrogen) atoms. The smallest absolute Gasteiger partial charge is 0.133 e. The largest absolute Gasteiger partial charge is 0.383 e. The molecule has 2 N–H and O–H groups in total. The Morgan fingerprint density at radius 3 is 2.80 bits per heavy atom. The lowest BCUT2D eigenvalue weighted by molar-refractivity contribution is 0.604. The van der Waals surface area contributed by atoms with Gasteiger partial charge in [0.15, 0.2) is 0 Å². The SMILES string of the molecule is C=CCn1c(CCC)nc(-c2cncn2C(C)C)c1N. The highest BCUT2D eigenvalue weighted by Crippen LogP contribution is 2.28. The quantitative estimate of drug-likeness (QED) is 0.823. The van der Waals surface area contributed by atoms with E-state index in [0.717, 1.165) is 30.1 Å². The highest BCUT2D eigenvalue weighted by molar-refractivity contribution is 5.68. The molecule has 0 saturated carbocycles. The second-order valence-corrected chi connectivity index (χ2v) is 5.19. The number of aryl methyl sites for hydroxylation is 1. The van der Waals surface area contributed by atoms with Crippen LogP contribution < -0.4 is 5.73 Å². The fourth-order valence-electron chi connectivity index (χ4n) is 2.35. The van der Waals surface area contributed by atoms with Crippen molar-refractivity contribution in [2.24, 2.45) is 0 Å². The van der Waals surface area contributed by atoms with E-state index in [1.165, 1.54) is 0 Å². The molecule has 0 unspecified atom stereocenters. The standard InChI is InChI=1S/C15H23N5/c1-5-7-13-18-14(15(16)19(13)8-6-2)12-9-17-10-20(12)11(3)4/h6,9-11H,2,5,7-8,16H2,1,3-4H3. The van der Waals surface area contributed by atoms with Crippen LogP contribution >= 0.6 is 0 Å². The number of nitrogens with zero attached hydrogens (tertiary/aromatic N) is 4. The highest BCUT2D eigenvalue weighted by atomic mass is 15.2. The lowest BCUT2D eigenvalue weighted by Gasteiger charge is -2.10. The Balaban J connectivity index is 2.54. The number of hydrogen-bond acceptors (Lipinski definition) is 3. The summed E-state index contributed by atoms with van der Waals surface area (Å²) in [4.78, 5) is 8.96. The monoisotopic (exact) mass is 273 g/mol. The summed E-state index contributed by atoms with van der Waals surface area (Å²) in [5.74, 6) is 1.70. The first-order valence-electron chi connectivity index (χ1n) is 7.08. The van der Waals surface area contributed by atoms with Gasteiger partial charge in [0.2, 0.25) is 0 Å². The van der Waals surface area contributed by atoms with Crippen molar-refractivity contribution in [3.05, 3.63) is 31.0 Å². The van der Waals surface area contributed by atoms with Gasteiger partial charge in [-0.2, -0.15) is 0 Å². The van der Waals surface area contributed by atoms with Gasteiger partial charge in [-0.3, -0.25) is 0 Å². The topological polar surface area (TPSA) is 61.7 Å². The van der Waals surface area contributed by atoms with E-state index in [-0.39, 0.29) is 0 Å². The molecule has 0 aliphatic rings. The number of allylic oxidation sites excluding steroid dienone is 1. The summed E-state index contributed by atoms with van der Waals surface area (Å²) in [6.07, 6.45) is 7.45. The summed E-state index contributed by atoms with van der Waals surface area (Å²) in [5.41, 5.74) is 8.08. The van der Waals surface area contributed by atoms with Crippen LogP contribution in [0.2, 0.25) is 0 Å². The van der Waals surface area contributed by atoms with Gasteiger partial charge in [0.25, 0.3) is 0 Å². The number of imidazole rings is 2. The molecule has 108 valence electrons. The fourth-order valence-corrected chi connectivity index (χ4v) is 2.35. The number of hydrogen-bond donors (Lipinski definition) is 1. The Bertz CT molecular complexity index is 591. The van der Waals surface area contributed by atoms with Crippen molar-refractivity contribution in [2.45, 2.75) is 46.2 Å². The van der Waals surface area contributed by atoms with Crippen LogP contribution in [0.25, 0.3) is 11.4 Å². The fraction of sp³-hybridized carbons (Fsp3) is 0.467. The summed E-state index contributed by atoms with van der Waals surface area (Å²) < 4.78 is 4.12. The predicted molar refractivity (Wildman–Crippen MR) is 82.4 cm³/mol. The minimum Gasteiger partial charge on any atom is -0.383 e. The lowest BCUT2D eigenvalue weighted by atomic mass is 10.3. The zero-order valence-electron chi connectivity index (χ0n) is 12.5. The third-order valence-corrected chi connectivity index (χ3v) is 3.34. The number of rotatable bonds is 6. The molecule has 2 aromatic heterocycles. The molecule has 0 fully saturated rings. The predicted octanol–water partition coefficient (Wildman–Crippen LogP) is 3.05. The third kappa shape index (κ3) is 2.48. The Hall–Kier alpha value is -2.04. The number of nitrogen functional groups attached to an aromatic ring is 1. The molecule has 0 spiro atoms. The second kappa shape index (κ2) is 5.94. The van der Waals surface area contributed by atoms with Gasteiger partial charge in [0, 0.05) is 19.0 Å². The Kier molecular flexibility index (Phi) is 4.27. The molecule has 0 radical (unpaired) electrons. The third-order valence-electron chi connectivity index (χ3n) is 3.34. The number of nitrogens with two attached hydrogens (primary N) is 1. The van der Waals surface area contributed by atoms with Crippen molar-refractivity contribution < 1.29 is 0 Å². The van der Waals surface area contributed by atoms with Gasteiger partial charge in [0.05, 0.1) is 18.2 Å². The summed E-state index contributed by atoms with van der Waals surface area (Å²) in [6.45, 7) is 10.9. The van der Waals surface area contributed by atoms with Crippen molar-refractivity contribution in [3.8, 4) is 11.4 Å². The molecule has 0 amide bonds. The van der Waals surface area contributed by atoms with E-state index < -0.39 is 0 Å². The molecule has 0 aliphatic heterocycles. The second-order valence-electron chi connectivity index (χ2n) is 5.19. The van der Waals surface area contributed by atoms with E-state index in [9.17, 15) is 0 Å². The van der Waals surface area contributed by atoms with E-state index in [0.29, 0.717) is 18.4 Å². The maximum absolute atomic E-state index is 6.29. The summed E-state index contributed by atoms with van der Waals surface area (Å²) in [6, 6.07) is 0.325. The maximum atomic E-state index is 6.29. The normalized spacial score (nSPS) is 11.2. The van der Waals surface area contributed by atoms with Crippen molar-refractivity contribution in [1.29, 1.82) is 0 Å². The minimum absolute atomic E-state index is 0.325. The highest BCUT2D eigenvalue weighted by Gasteiger charge is 2.18. The van der Waals surface area contributed by atoms with E-state index in [2.05, 4.69) is 36.9 Å². The molecule has 2 rings (SSSR count). The molecule has 0 aromatic carbocycles. The molecule has 0 bridgehead atoms. The van der Waals surface area contributed by atoms with Gasteiger partial charge in [-0.1, -0.05) is 13.0 Å². The Labute approximate surface area is 120 Å². The van der Waals surface area contributed by atoms with Crippen LogP contribution in [0.4, 0.5) is 5.82 Å². The Morgan fingerprint density at radius 1 is 1.45 bits per heavy atom. The van der Waals surface area contributed by atoms with Crippen LogP contribution in [0.5, 0.6) is 0 Å². The molecule has 0 atom stereocenters. The van der Waals surface area contributed by atoms with Gasteiger partial charge in [0.1, 0.15) is 17.3 Å². The van der Waals surface area contributed by atoms with Crippen LogP contribution in [0.3, 0.4) is 0 Å². The van der Waals surface area contributed by atoms with Crippen LogP contribution in [0.15, 0.2) is 25.2 Å². The van der Waals surface area contributed by atoms with Crippen molar-refractivity contribution in [1.82, 2.24) is 19.1 Å². The molecule has 0 saturated heterocycles. The first-order valence-corrected chi connectivity index (χ1v) is 7.08. The molecule has 0 aliphatic carbocycles. The zero-order chi connectivity index (χ0) is 14.7. The maximum Gasteiger partial charge on any atom is 0.133 e. The number of aromatic nitrogens is 4. The van der Waals surface area contributed by atoms with E-state index in [4.69, 9.17) is 10.7 Å². The first kappa shape index (κ1) is 14.4. The van der Waals surface area contributed by atoms with E-state index in [1.807, 2.05) is 23.2 Å².